The Morgan fingerprint density at radius 2 is 2.30 bits per heavy atom. The highest BCUT2D eigenvalue weighted by molar-refractivity contribution is 8.18. The Labute approximate surface area is 140 Å². The van der Waals surface area contributed by atoms with E-state index in [-0.39, 0.29) is 11.7 Å². The molecule has 2 aliphatic heterocycles. The molecule has 0 saturated carbocycles. The number of amidine groups is 1. The van der Waals surface area contributed by atoms with Crippen LogP contribution in [0.2, 0.25) is 0 Å². The van der Waals surface area contributed by atoms with E-state index in [1.165, 1.54) is 25.3 Å². The molecule has 23 heavy (non-hydrogen) atoms. The Morgan fingerprint density at radius 1 is 1.48 bits per heavy atom. The largest absolute Gasteiger partial charge is 0.504 e. The number of rotatable bonds is 2. The van der Waals surface area contributed by atoms with Gasteiger partial charge in [0.25, 0.3) is 5.91 Å². The zero-order valence-electron chi connectivity index (χ0n) is 13.3. The van der Waals surface area contributed by atoms with Gasteiger partial charge in [-0.2, -0.15) is 4.99 Å². The number of benzene rings is 1. The number of nitrogens with zero attached hydrogens (tertiary/aromatic N) is 2. The highest BCUT2D eigenvalue weighted by atomic mass is 32.2. The predicted molar refractivity (Wildman–Crippen MR) is 92.6 cm³/mol. The number of methoxy groups -OCH3 is 1. The summed E-state index contributed by atoms with van der Waals surface area (Å²) in [4.78, 5) is 19.2. The summed E-state index contributed by atoms with van der Waals surface area (Å²) in [5.74, 6) is 0.909. The summed E-state index contributed by atoms with van der Waals surface area (Å²) in [5, 5.41) is 10.4. The topological polar surface area (TPSA) is 62.1 Å². The minimum absolute atomic E-state index is 0.0827. The van der Waals surface area contributed by atoms with Crippen LogP contribution < -0.4 is 4.74 Å². The third-order valence-corrected chi connectivity index (χ3v) is 5.08. The van der Waals surface area contributed by atoms with Gasteiger partial charge in [0.15, 0.2) is 16.7 Å². The summed E-state index contributed by atoms with van der Waals surface area (Å²) in [6, 6.07) is 5.01. The molecular weight excluding hydrogens is 312 g/mol. The van der Waals surface area contributed by atoms with Crippen LogP contribution >= 0.6 is 11.8 Å². The molecule has 1 atom stereocenters. The molecule has 0 spiro atoms. The summed E-state index contributed by atoms with van der Waals surface area (Å²) in [7, 11) is 1.50. The number of ether oxygens (including phenoxy) is 1. The van der Waals surface area contributed by atoms with Gasteiger partial charge in [-0.05, 0) is 54.3 Å². The maximum atomic E-state index is 12.2. The summed E-state index contributed by atoms with van der Waals surface area (Å²) < 4.78 is 5.10. The number of aliphatic imine (C=N–C) groups is 1. The number of likely N-dealkylation sites (tertiary alicyclic amines) is 1. The first kappa shape index (κ1) is 15.9. The second kappa shape index (κ2) is 6.66. The summed E-state index contributed by atoms with van der Waals surface area (Å²) in [6.07, 6.45) is 4.17. The number of phenols is 1. The van der Waals surface area contributed by atoms with Crippen LogP contribution in [0, 0.1) is 5.92 Å². The van der Waals surface area contributed by atoms with Crippen molar-refractivity contribution >= 4 is 28.9 Å². The van der Waals surface area contributed by atoms with E-state index in [1.807, 2.05) is 0 Å². The molecule has 1 saturated heterocycles. The van der Waals surface area contributed by atoms with Crippen LogP contribution in [0.3, 0.4) is 0 Å². The Bertz CT molecular complexity index is 684. The summed E-state index contributed by atoms with van der Waals surface area (Å²) in [5.41, 5.74) is 0.805. The fraction of sp³-hybridized carbons (Fsp3) is 0.412. The highest BCUT2D eigenvalue weighted by Gasteiger charge is 2.28. The Morgan fingerprint density at radius 3 is 3.04 bits per heavy atom. The van der Waals surface area contributed by atoms with Crippen molar-refractivity contribution in [2.75, 3.05) is 20.2 Å². The first-order chi connectivity index (χ1) is 11.1. The second-order valence-corrected chi connectivity index (χ2v) is 6.94. The number of amides is 1. The third kappa shape index (κ3) is 3.52. The van der Waals surface area contributed by atoms with Crippen molar-refractivity contribution in [2.45, 2.75) is 19.8 Å². The number of carbonyl (C=O) groups is 1. The number of thioether (sulfide) groups is 1. The number of hydrogen-bond donors (Lipinski definition) is 1. The van der Waals surface area contributed by atoms with Crippen LogP contribution in [0.4, 0.5) is 0 Å². The van der Waals surface area contributed by atoms with Crippen molar-refractivity contribution in [3.8, 4) is 11.5 Å². The van der Waals surface area contributed by atoms with Crippen LogP contribution in [0.1, 0.15) is 25.3 Å². The van der Waals surface area contributed by atoms with E-state index in [2.05, 4.69) is 16.8 Å². The smallest absolute Gasteiger partial charge is 0.286 e. The zero-order chi connectivity index (χ0) is 16.4. The number of phenolic OH excluding ortho intramolecular Hbond substituents is 1. The van der Waals surface area contributed by atoms with Gasteiger partial charge in [0.05, 0.1) is 12.0 Å². The molecule has 122 valence electrons. The molecule has 1 N–H and O–H groups in total. The van der Waals surface area contributed by atoms with E-state index in [1.54, 1.807) is 24.3 Å². The fourth-order valence-electron chi connectivity index (χ4n) is 2.83. The van der Waals surface area contributed by atoms with Gasteiger partial charge in [-0.1, -0.05) is 13.0 Å². The first-order valence-corrected chi connectivity index (χ1v) is 8.53. The molecule has 6 heteroatoms. The van der Waals surface area contributed by atoms with E-state index in [4.69, 9.17) is 4.74 Å². The van der Waals surface area contributed by atoms with Crippen LogP contribution in [0.25, 0.3) is 6.08 Å². The van der Waals surface area contributed by atoms with Crippen LogP contribution in [-0.4, -0.2) is 41.3 Å². The molecule has 0 bridgehead atoms. The lowest BCUT2D eigenvalue weighted by Crippen LogP contribution is -2.37. The van der Waals surface area contributed by atoms with Gasteiger partial charge >= 0.3 is 0 Å². The maximum absolute atomic E-state index is 12.2. The maximum Gasteiger partial charge on any atom is 0.286 e. The Hall–Kier alpha value is -1.95. The molecule has 1 amide bonds. The van der Waals surface area contributed by atoms with Gasteiger partial charge in [0.2, 0.25) is 0 Å². The quantitative estimate of drug-likeness (QED) is 0.843. The van der Waals surface area contributed by atoms with Crippen molar-refractivity contribution in [1.82, 2.24) is 4.90 Å². The Balaban J connectivity index is 1.76. The molecule has 1 fully saturated rings. The minimum atomic E-state index is -0.199. The molecule has 2 heterocycles. The predicted octanol–water partition coefficient (Wildman–Crippen LogP) is 3.10. The summed E-state index contributed by atoms with van der Waals surface area (Å²) in [6.45, 7) is 4.15. The van der Waals surface area contributed by atoms with E-state index in [9.17, 15) is 9.90 Å². The van der Waals surface area contributed by atoms with Crippen molar-refractivity contribution in [3.05, 3.63) is 28.7 Å². The zero-order valence-corrected chi connectivity index (χ0v) is 14.1. The third-order valence-electron chi connectivity index (χ3n) is 4.04. The second-order valence-electron chi connectivity index (χ2n) is 5.93. The lowest BCUT2D eigenvalue weighted by Gasteiger charge is -2.31. The SMILES string of the molecule is COc1cc(/C=C2\SC(N3CCCC(C)C3)=NC2=O)ccc1O. The van der Waals surface area contributed by atoms with E-state index in [0.29, 0.717) is 16.6 Å². The minimum Gasteiger partial charge on any atom is -0.504 e. The molecule has 0 aliphatic carbocycles. The molecule has 1 aromatic carbocycles. The molecule has 0 radical (unpaired) electrons. The average molecular weight is 332 g/mol. The molecule has 3 rings (SSSR count). The fourth-order valence-corrected chi connectivity index (χ4v) is 3.78. The van der Waals surface area contributed by atoms with Gasteiger partial charge in [0, 0.05) is 13.1 Å². The van der Waals surface area contributed by atoms with Gasteiger partial charge in [-0.15, -0.1) is 0 Å². The van der Waals surface area contributed by atoms with Gasteiger partial charge in [-0.25, -0.2) is 0 Å². The van der Waals surface area contributed by atoms with Gasteiger partial charge in [0.1, 0.15) is 0 Å². The summed E-state index contributed by atoms with van der Waals surface area (Å²) >= 11 is 1.42. The van der Waals surface area contributed by atoms with Crippen molar-refractivity contribution in [3.63, 3.8) is 0 Å². The average Bonchev–Trinajstić information content (AvgIpc) is 2.90. The van der Waals surface area contributed by atoms with E-state index >= 15 is 0 Å². The lowest BCUT2D eigenvalue weighted by molar-refractivity contribution is -0.113. The van der Waals surface area contributed by atoms with E-state index < -0.39 is 0 Å². The molecular formula is C17H20N2O3S. The highest BCUT2D eigenvalue weighted by Crippen LogP contribution is 2.33. The molecule has 1 unspecified atom stereocenters. The number of aromatic hydroxyl groups is 1. The molecule has 1 aromatic rings. The number of carbonyl (C=O) groups excluding carboxylic acids is 1. The normalized spacial score (nSPS) is 23.3. The monoisotopic (exact) mass is 332 g/mol. The van der Waals surface area contributed by atoms with Gasteiger partial charge < -0.3 is 14.7 Å². The number of piperidine rings is 1. The van der Waals surface area contributed by atoms with Crippen LogP contribution in [0.5, 0.6) is 11.5 Å². The van der Waals surface area contributed by atoms with Crippen molar-refractivity contribution < 1.29 is 14.6 Å². The van der Waals surface area contributed by atoms with Crippen LogP contribution in [0.15, 0.2) is 28.1 Å². The molecule has 0 aromatic heterocycles. The molecule has 5 nitrogen and oxygen atoms in total. The molecule has 2 aliphatic rings. The van der Waals surface area contributed by atoms with Crippen molar-refractivity contribution in [1.29, 1.82) is 0 Å². The Kier molecular flexibility index (Phi) is 4.61. The van der Waals surface area contributed by atoms with Gasteiger partial charge in [-0.3, -0.25) is 4.79 Å². The van der Waals surface area contributed by atoms with Crippen LogP contribution in [-0.2, 0) is 4.79 Å². The first-order valence-electron chi connectivity index (χ1n) is 7.71. The lowest BCUT2D eigenvalue weighted by atomic mass is 10.0. The number of hydrogen-bond acceptors (Lipinski definition) is 5. The van der Waals surface area contributed by atoms with E-state index in [0.717, 1.165) is 30.2 Å². The van der Waals surface area contributed by atoms with Crippen molar-refractivity contribution in [2.24, 2.45) is 10.9 Å². The standard InChI is InChI=1S/C17H20N2O3S/c1-11-4-3-7-19(10-11)17-18-16(21)15(23-17)9-12-5-6-13(20)14(8-12)22-2/h5-6,8-9,11,20H,3-4,7,10H2,1-2H3/b15-9-.